The second-order valence-electron chi connectivity index (χ2n) is 9.29. The van der Waals surface area contributed by atoms with Crippen molar-refractivity contribution < 1.29 is 9.59 Å². The van der Waals surface area contributed by atoms with Crippen molar-refractivity contribution >= 4 is 34.3 Å². The molecule has 0 aliphatic heterocycles. The SMILES string of the molecule is CCc1cccc(C)c1Nc1cccc2c1C(=O)c1cccc(Nc3c(C)cccc3CC)c1C2=O. The summed E-state index contributed by atoms with van der Waals surface area (Å²) >= 11 is 0. The van der Waals surface area contributed by atoms with Gasteiger partial charge in [-0.15, -0.1) is 0 Å². The molecule has 0 saturated heterocycles. The minimum absolute atomic E-state index is 0.140. The van der Waals surface area contributed by atoms with Crippen LogP contribution in [0, 0.1) is 13.8 Å². The summed E-state index contributed by atoms with van der Waals surface area (Å²) in [6.07, 6.45) is 1.73. The van der Waals surface area contributed by atoms with E-state index < -0.39 is 0 Å². The maximum atomic E-state index is 13.9. The highest BCUT2D eigenvalue weighted by Crippen LogP contribution is 2.38. The normalized spacial score (nSPS) is 12.2. The van der Waals surface area contributed by atoms with Crippen molar-refractivity contribution in [2.75, 3.05) is 10.6 Å². The Balaban J connectivity index is 1.61. The van der Waals surface area contributed by atoms with E-state index in [0.29, 0.717) is 33.6 Å². The smallest absolute Gasteiger partial charge is 0.196 e. The number of carbonyl (C=O) groups is 2. The van der Waals surface area contributed by atoms with Crippen LogP contribution in [-0.2, 0) is 12.8 Å². The first-order chi connectivity index (χ1) is 17.4. The molecule has 0 aromatic heterocycles. The largest absolute Gasteiger partial charge is 0.354 e. The number of para-hydroxylation sites is 2. The van der Waals surface area contributed by atoms with E-state index in [-0.39, 0.29) is 11.6 Å². The summed E-state index contributed by atoms with van der Waals surface area (Å²) in [4.78, 5) is 27.8. The third kappa shape index (κ3) is 3.89. The Kier molecular flexibility index (Phi) is 6.19. The number of fused-ring (bicyclic) bond motifs is 2. The van der Waals surface area contributed by atoms with Gasteiger partial charge in [-0.1, -0.05) is 74.5 Å². The number of anilines is 4. The molecule has 4 aromatic rings. The molecule has 36 heavy (non-hydrogen) atoms. The van der Waals surface area contributed by atoms with E-state index in [1.54, 1.807) is 12.1 Å². The van der Waals surface area contributed by atoms with Crippen molar-refractivity contribution in [2.45, 2.75) is 40.5 Å². The predicted molar refractivity (Wildman–Crippen MR) is 147 cm³/mol. The first-order valence-electron chi connectivity index (χ1n) is 12.5. The Hall–Kier alpha value is -4.18. The minimum atomic E-state index is -0.140. The van der Waals surface area contributed by atoms with Crippen LogP contribution in [0.3, 0.4) is 0 Å². The lowest BCUT2D eigenvalue weighted by atomic mass is 9.82. The molecule has 0 unspecified atom stereocenters. The lowest BCUT2D eigenvalue weighted by Crippen LogP contribution is -2.23. The Morgan fingerprint density at radius 2 is 0.944 bits per heavy atom. The van der Waals surface area contributed by atoms with Crippen molar-refractivity contribution in [3.63, 3.8) is 0 Å². The van der Waals surface area contributed by atoms with Gasteiger partial charge in [0, 0.05) is 22.5 Å². The van der Waals surface area contributed by atoms with Crippen LogP contribution in [-0.4, -0.2) is 11.6 Å². The Morgan fingerprint density at radius 1 is 0.556 bits per heavy atom. The van der Waals surface area contributed by atoms with Gasteiger partial charge in [0.05, 0.1) is 22.5 Å². The molecule has 0 radical (unpaired) electrons. The fourth-order valence-corrected chi connectivity index (χ4v) is 5.12. The number of benzene rings is 4. The molecule has 0 amide bonds. The zero-order chi connectivity index (χ0) is 25.4. The van der Waals surface area contributed by atoms with Gasteiger partial charge in [-0.2, -0.15) is 0 Å². The highest BCUT2D eigenvalue weighted by molar-refractivity contribution is 6.32. The summed E-state index contributed by atoms with van der Waals surface area (Å²) in [7, 11) is 0. The molecule has 0 atom stereocenters. The third-order valence-corrected chi connectivity index (χ3v) is 7.07. The summed E-state index contributed by atoms with van der Waals surface area (Å²) in [5.41, 5.74) is 9.54. The number of hydrogen-bond acceptors (Lipinski definition) is 4. The summed E-state index contributed by atoms with van der Waals surface area (Å²) < 4.78 is 0. The number of carbonyl (C=O) groups excluding carboxylic acids is 2. The minimum Gasteiger partial charge on any atom is -0.354 e. The monoisotopic (exact) mass is 474 g/mol. The zero-order valence-electron chi connectivity index (χ0n) is 21.2. The maximum Gasteiger partial charge on any atom is 0.196 e. The highest BCUT2D eigenvalue weighted by atomic mass is 16.1. The molecule has 0 spiro atoms. The van der Waals surface area contributed by atoms with Crippen molar-refractivity contribution in [3.05, 3.63) is 117 Å². The molecule has 4 heteroatoms. The Bertz CT molecular complexity index is 1400. The van der Waals surface area contributed by atoms with E-state index in [1.807, 2.05) is 62.4 Å². The average molecular weight is 475 g/mol. The van der Waals surface area contributed by atoms with Gasteiger partial charge in [-0.05, 0) is 61.1 Å². The molecule has 2 N–H and O–H groups in total. The fourth-order valence-electron chi connectivity index (χ4n) is 5.12. The van der Waals surface area contributed by atoms with Crippen LogP contribution in [0.25, 0.3) is 0 Å². The summed E-state index contributed by atoms with van der Waals surface area (Å²) in [6, 6.07) is 23.3. The van der Waals surface area contributed by atoms with E-state index in [0.717, 1.165) is 35.3 Å². The Morgan fingerprint density at radius 3 is 1.33 bits per heavy atom. The molecule has 0 heterocycles. The van der Waals surface area contributed by atoms with E-state index in [2.05, 4.69) is 36.6 Å². The van der Waals surface area contributed by atoms with E-state index in [4.69, 9.17) is 0 Å². The van der Waals surface area contributed by atoms with Crippen LogP contribution in [0.1, 0.15) is 67.9 Å². The number of ketones is 2. The van der Waals surface area contributed by atoms with Crippen molar-refractivity contribution in [1.82, 2.24) is 0 Å². The molecule has 1 aliphatic rings. The van der Waals surface area contributed by atoms with Crippen molar-refractivity contribution in [1.29, 1.82) is 0 Å². The summed E-state index contributed by atoms with van der Waals surface area (Å²) in [6.45, 7) is 8.32. The molecule has 180 valence electrons. The van der Waals surface area contributed by atoms with E-state index >= 15 is 0 Å². The van der Waals surface area contributed by atoms with Crippen LogP contribution < -0.4 is 10.6 Å². The lowest BCUT2D eigenvalue weighted by Gasteiger charge is -2.24. The first-order valence-corrected chi connectivity index (χ1v) is 12.5. The molecule has 4 nitrogen and oxygen atoms in total. The number of rotatable bonds is 6. The second-order valence-corrected chi connectivity index (χ2v) is 9.29. The van der Waals surface area contributed by atoms with Gasteiger partial charge in [0.1, 0.15) is 0 Å². The van der Waals surface area contributed by atoms with Crippen LogP contribution >= 0.6 is 0 Å². The number of nitrogens with one attached hydrogen (secondary N) is 2. The van der Waals surface area contributed by atoms with Crippen LogP contribution in [0.2, 0.25) is 0 Å². The molecule has 0 bridgehead atoms. The molecule has 0 fully saturated rings. The molecular weight excluding hydrogens is 444 g/mol. The first kappa shape index (κ1) is 23.6. The zero-order valence-corrected chi connectivity index (χ0v) is 21.2. The lowest BCUT2D eigenvalue weighted by molar-refractivity contribution is 0.0980. The van der Waals surface area contributed by atoms with Gasteiger partial charge in [0.25, 0.3) is 0 Å². The van der Waals surface area contributed by atoms with Crippen molar-refractivity contribution in [2.24, 2.45) is 0 Å². The van der Waals surface area contributed by atoms with Gasteiger partial charge >= 0.3 is 0 Å². The topological polar surface area (TPSA) is 58.2 Å². The van der Waals surface area contributed by atoms with E-state index in [1.165, 1.54) is 11.1 Å². The highest BCUT2D eigenvalue weighted by Gasteiger charge is 2.34. The quantitative estimate of drug-likeness (QED) is 0.265. The van der Waals surface area contributed by atoms with Gasteiger partial charge in [0.15, 0.2) is 11.6 Å². The maximum absolute atomic E-state index is 13.9. The summed E-state index contributed by atoms with van der Waals surface area (Å²) in [5, 5.41) is 6.98. The van der Waals surface area contributed by atoms with Gasteiger partial charge in [-0.25, -0.2) is 0 Å². The van der Waals surface area contributed by atoms with Gasteiger partial charge in [0.2, 0.25) is 0 Å². The molecule has 0 saturated carbocycles. The molecule has 4 aromatic carbocycles. The van der Waals surface area contributed by atoms with Crippen LogP contribution in [0.15, 0.2) is 72.8 Å². The number of aryl methyl sites for hydroxylation is 4. The molecule has 1 aliphatic carbocycles. The van der Waals surface area contributed by atoms with Gasteiger partial charge < -0.3 is 10.6 Å². The third-order valence-electron chi connectivity index (χ3n) is 7.07. The molecular formula is C32H30N2O2. The average Bonchev–Trinajstić information content (AvgIpc) is 2.89. The number of hydrogen-bond donors (Lipinski definition) is 2. The van der Waals surface area contributed by atoms with Gasteiger partial charge in [-0.3, -0.25) is 9.59 Å². The fraction of sp³-hybridized carbons (Fsp3) is 0.188. The Labute approximate surface area is 212 Å². The van der Waals surface area contributed by atoms with Crippen LogP contribution in [0.4, 0.5) is 22.7 Å². The van der Waals surface area contributed by atoms with E-state index in [9.17, 15) is 9.59 Å². The predicted octanol–water partition coefficient (Wildman–Crippen LogP) is 7.69. The van der Waals surface area contributed by atoms with Crippen LogP contribution in [0.5, 0.6) is 0 Å². The summed E-state index contributed by atoms with van der Waals surface area (Å²) in [5.74, 6) is -0.281. The second kappa shape index (κ2) is 9.46. The molecule has 5 rings (SSSR count). The standard InChI is InChI=1S/C32H30N2O2/c1-5-21-13-7-11-19(3)29(21)33-25-17-9-15-23-27(25)31(35)24-16-10-18-26(28(24)32(23)36)34-30-20(4)12-8-14-22(30)6-2/h7-18,33-34H,5-6H2,1-4H3. The van der Waals surface area contributed by atoms with Crippen molar-refractivity contribution in [3.8, 4) is 0 Å².